The zero-order valence-electron chi connectivity index (χ0n) is 11.8. The first kappa shape index (κ1) is 14.5. The highest BCUT2D eigenvalue weighted by molar-refractivity contribution is 5.14. The van der Waals surface area contributed by atoms with Gasteiger partial charge in [-0.3, -0.25) is 4.90 Å². The smallest absolute Gasteiger partial charge is 0.0702 e. The van der Waals surface area contributed by atoms with Gasteiger partial charge in [-0.1, -0.05) is 37.3 Å². The largest absolute Gasteiger partial charge is 0.392 e. The third-order valence-electron chi connectivity index (χ3n) is 3.68. The van der Waals surface area contributed by atoms with Crippen molar-refractivity contribution in [1.29, 1.82) is 0 Å². The molecule has 1 fully saturated rings. The summed E-state index contributed by atoms with van der Waals surface area (Å²) in [7, 11) is 0. The van der Waals surface area contributed by atoms with Crippen LogP contribution in [0.2, 0.25) is 0 Å². The normalized spacial score (nSPS) is 20.9. The summed E-state index contributed by atoms with van der Waals surface area (Å²) in [6.07, 6.45) is 3.21. The summed E-state index contributed by atoms with van der Waals surface area (Å²) in [6.45, 7) is 5.45. The van der Waals surface area contributed by atoms with Gasteiger partial charge in [-0.25, -0.2) is 0 Å². The highest BCUT2D eigenvalue weighted by Crippen LogP contribution is 2.15. The van der Waals surface area contributed by atoms with Crippen LogP contribution in [0.4, 0.5) is 0 Å². The summed E-state index contributed by atoms with van der Waals surface area (Å²) in [5.41, 5.74) is 1.30. The first-order valence-electron chi connectivity index (χ1n) is 7.34. The molecule has 0 bridgehead atoms. The molecule has 106 valence electrons. The molecule has 1 aliphatic rings. The van der Waals surface area contributed by atoms with E-state index in [1.54, 1.807) is 0 Å². The number of aliphatic hydroxyl groups excluding tert-OH is 1. The molecule has 0 aromatic heterocycles. The van der Waals surface area contributed by atoms with Crippen molar-refractivity contribution in [2.24, 2.45) is 0 Å². The van der Waals surface area contributed by atoms with Crippen LogP contribution in [0.1, 0.15) is 31.7 Å². The van der Waals surface area contributed by atoms with Crippen molar-refractivity contribution in [3.05, 3.63) is 35.9 Å². The second-order valence-electron chi connectivity index (χ2n) is 5.38. The van der Waals surface area contributed by atoms with Gasteiger partial charge in [-0.05, 0) is 24.8 Å². The molecule has 2 unspecified atom stereocenters. The van der Waals surface area contributed by atoms with E-state index in [9.17, 15) is 5.11 Å². The third kappa shape index (κ3) is 4.94. The van der Waals surface area contributed by atoms with Gasteiger partial charge in [0.15, 0.2) is 0 Å². The Morgan fingerprint density at radius 2 is 2.16 bits per heavy atom. The highest BCUT2D eigenvalue weighted by atomic mass is 16.5. The fraction of sp³-hybridized carbons (Fsp3) is 0.625. The minimum Gasteiger partial charge on any atom is -0.392 e. The SMILES string of the molecule is CCC(O)CN(Cc1ccccc1)CC1CCCO1. The van der Waals surface area contributed by atoms with E-state index in [1.807, 2.05) is 13.0 Å². The number of aliphatic hydroxyl groups is 1. The van der Waals surface area contributed by atoms with Gasteiger partial charge in [-0.15, -0.1) is 0 Å². The molecule has 1 aromatic rings. The van der Waals surface area contributed by atoms with Crippen LogP contribution in [0.15, 0.2) is 30.3 Å². The van der Waals surface area contributed by atoms with Gasteiger partial charge in [0.1, 0.15) is 0 Å². The van der Waals surface area contributed by atoms with E-state index < -0.39 is 0 Å². The molecule has 0 radical (unpaired) electrons. The topological polar surface area (TPSA) is 32.7 Å². The molecule has 1 aliphatic heterocycles. The van der Waals surface area contributed by atoms with Gasteiger partial charge in [0.2, 0.25) is 0 Å². The first-order valence-corrected chi connectivity index (χ1v) is 7.34. The lowest BCUT2D eigenvalue weighted by molar-refractivity contribution is 0.0455. The van der Waals surface area contributed by atoms with E-state index in [0.29, 0.717) is 6.10 Å². The Morgan fingerprint density at radius 3 is 2.79 bits per heavy atom. The molecule has 1 N–H and O–H groups in total. The Morgan fingerprint density at radius 1 is 1.37 bits per heavy atom. The number of nitrogens with zero attached hydrogens (tertiary/aromatic N) is 1. The van der Waals surface area contributed by atoms with Crippen molar-refractivity contribution in [3.63, 3.8) is 0 Å². The zero-order valence-corrected chi connectivity index (χ0v) is 11.8. The molecule has 0 aliphatic carbocycles. The van der Waals surface area contributed by atoms with Crippen molar-refractivity contribution < 1.29 is 9.84 Å². The van der Waals surface area contributed by atoms with Gasteiger partial charge < -0.3 is 9.84 Å². The van der Waals surface area contributed by atoms with Gasteiger partial charge in [-0.2, -0.15) is 0 Å². The van der Waals surface area contributed by atoms with Crippen LogP contribution in [0.3, 0.4) is 0 Å². The molecular weight excluding hydrogens is 238 g/mol. The quantitative estimate of drug-likeness (QED) is 0.820. The maximum Gasteiger partial charge on any atom is 0.0702 e. The molecule has 19 heavy (non-hydrogen) atoms. The third-order valence-corrected chi connectivity index (χ3v) is 3.68. The monoisotopic (exact) mass is 263 g/mol. The summed E-state index contributed by atoms with van der Waals surface area (Å²) >= 11 is 0. The molecule has 2 atom stereocenters. The van der Waals surface area contributed by atoms with Crippen LogP contribution in [0.5, 0.6) is 0 Å². The van der Waals surface area contributed by atoms with Crippen molar-refractivity contribution in [2.75, 3.05) is 19.7 Å². The molecule has 0 saturated carbocycles. The van der Waals surface area contributed by atoms with Crippen molar-refractivity contribution in [1.82, 2.24) is 4.90 Å². The van der Waals surface area contributed by atoms with E-state index >= 15 is 0 Å². The highest BCUT2D eigenvalue weighted by Gasteiger charge is 2.20. The van der Waals surface area contributed by atoms with Crippen LogP contribution in [-0.4, -0.2) is 41.9 Å². The maximum atomic E-state index is 9.90. The number of benzene rings is 1. The summed E-state index contributed by atoms with van der Waals surface area (Å²) < 4.78 is 5.71. The molecular formula is C16H25NO2. The lowest BCUT2D eigenvalue weighted by Gasteiger charge is -2.27. The molecule has 3 heteroatoms. The predicted octanol–water partition coefficient (Wildman–Crippen LogP) is 2.44. The van der Waals surface area contributed by atoms with Crippen molar-refractivity contribution in [2.45, 2.75) is 44.9 Å². The minimum atomic E-state index is -0.245. The molecule has 1 heterocycles. The fourth-order valence-electron chi connectivity index (χ4n) is 2.55. The summed E-state index contributed by atoms with van der Waals surface area (Å²) in [6, 6.07) is 10.4. The number of hydrogen-bond donors (Lipinski definition) is 1. The van der Waals surface area contributed by atoms with Gasteiger partial charge in [0, 0.05) is 26.2 Å². The molecule has 3 nitrogen and oxygen atoms in total. The minimum absolute atomic E-state index is 0.245. The molecule has 1 aromatic carbocycles. The number of rotatable bonds is 7. The van der Waals surface area contributed by atoms with E-state index in [4.69, 9.17) is 4.74 Å². The maximum absolute atomic E-state index is 9.90. The first-order chi connectivity index (χ1) is 9.28. The second kappa shape index (κ2) is 7.63. The lowest BCUT2D eigenvalue weighted by atomic mass is 10.1. The van der Waals surface area contributed by atoms with Gasteiger partial charge in [0.25, 0.3) is 0 Å². The predicted molar refractivity (Wildman–Crippen MR) is 77.0 cm³/mol. The Kier molecular flexibility index (Phi) is 5.83. The average Bonchev–Trinajstić information content (AvgIpc) is 2.92. The molecule has 0 amide bonds. The van der Waals surface area contributed by atoms with Gasteiger partial charge in [0.05, 0.1) is 12.2 Å². The molecule has 1 saturated heterocycles. The molecule has 2 rings (SSSR count). The average molecular weight is 263 g/mol. The second-order valence-corrected chi connectivity index (χ2v) is 5.38. The van der Waals surface area contributed by atoms with Crippen LogP contribution in [0.25, 0.3) is 0 Å². The number of hydrogen-bond acceptors (Lipinski definition) is 3. The van der Waals surface area contributed by atoms with Crippen LogP contribution >= 0.6 is 0 Å². The van der Waals surface area contributed by atoms with Crippen molar-refractivity contribution >= 4 is 0 Å². The lowest BCUT2D eigenvalue weighted by Crippen LogP contribution is -2.37. The summed E-state index contributed by atoms with van der Waals surface area (Å²) in [5.74, 6) is 0. The van der Waals surface area contributed by atoms with Crippen LogP contribution in [-0.2, 0) is 11.3 Å². The van der Waals surface area contributed by atoms with Crippen molar-refractivity contribution in [3.8, 4) is 0 Å². The Hall–Kier alpha value is -0.900. The summed E-state index contributed by atoms with van der Waals surface area (Å²) in [4.78, 5) is 2.32. The van der Waals surface area contributed by atoms with Gasteiger partial charge >= 0.3 is 0 Å². The van der Waals surface area contributed by atoms with E-state index in [2.05, 4.69) is 29.2 Å². The fourth-order valence-corrected chi connectivity index (χ4v) is 2.55. The zero-order chi connectivity index (χ0) is 13.5. The molecule has 0 spiro atoms. The Bertz CT molecular complexity index is 349. The standard InChI is InChI=1S/C16H25NO2/c1-2-15(18)12-17(13-16-9-6-10-19-16)11-14-7-4-3-5-8-14/h3-5,7-8,15-16,18H,2,6,9-13H2,1H3. The van der Waals surface area contributed by atoms with E-state index in [1.165, 1.54) is 12.0 Å². The Labute approximate surface area is 116 Å². The van der Waals surface area contributed by atoms with Crippen LogP contribution < -0.4 is 0 Å². The van der Waals surface area contributed by atoms with Crippen LogP contribution in [0, 0.1) is 0 Å². The number of ether oxygens (including phenoxy) is 1. The van der Waals surface area contributed by atoms with E-state index in [-0.39, 0.29) is 6.10 Å². The summed E-state index contributed by atoms with van der Waals surface area (Å²) in [5, 5.41) is 9.90. The Balaban J connectivity index is 1.92. The van der Waals surface area contributed by atoms with E-state index in [0.717, 1.165) is 39.1 Å².